The van der Waals surface area contributed by atoms with Crippen molar-refractivity contribution in [3.63, 3.8) is 0 Å². The quantitative estimate of drug-likeness (QED) is 0.692. The third kappa shape index (κ3) is 2.99. The molecule has 0 aliphatic heterocycles. The van der Waals surface area contributed by atoms with Gasteiger partial charge in [-0.25, -0.2) is 13.1 Å². The molecule has 0 unspecified atom stereocenters. The molecule has 1 aromatic carbocycles. The molecule has 3 rings (SSSR count). The summed E-state index contributed by atoms with van der Waals surface area (Å²) in [6.45, 7) is 3.50. The van der Waals surface area contributed by atoms with Crippen molar-refractivity contribution < 1.29 is 8.42 Å². The summed E-state index contributed by atoms with van der Waals surface area (Å²) in [6, 6.07) is 6.40. The number of halogens is 1. The van der Waals surface area contributed by atoms with Crippen molar-refractivity contribution >= 4 is 45.8 Å². The molecule has 0 atom stereocenters. The van der Waals surface area contributed by atoms with Crippen LogP contribution < -0.4 is 4.72 Å². The fourth-order valence-electron chi connectivity index (χ4n) is 1.98. The monoisotopic (exact) mass is 369 g/mol. The van der Waals surface area contributed by atoms with E-state index in [2.05, 4.69) is 32.6 Å². The van der Waals surface area contributed by atoms with Crippen molar-refractivity contribution in [2.45, 2.75) is 23.6 Å². The third-order valence-electron chi connectivity index (χ3n) is 3.15. The summed E-state index contributed by atoms with van der Waals surface area (Å²) in [4.78, 5) is 0.248. The fraction of sp³-hybridized carbons (Fsp3) is 0.154. The van der Waals surface area contributed by atoms with Gasteiger partial charge in [-0.15, -0.1) is 22.8 Å². The van der Waals surface area contributed by atoms with E-state index < -0.39 is 10.0 Å². The molecule has 2 aromatic heterocycles. The van der Waals surface area contributed by atoms with E-state index >= 15 is 0 Å². The number of benzene rings is 1. The molecule has 0 aliphatic carbocycles. The second kappa shape index (κ2) is 5.66. The fourth-order valence-corrected chi connectivity index (χ4v) is 3.92. The number of anilines is 1. The van der Waals surface area contributed by atoms with Crippen molar-refractivity contribution in [2.24, 2.45) is 0 Å². The number of thiol groups is 1. The van der Waals surface area contributed by atoms with Crippen molar-refractivity contribution in [2.75, 3.05) is 4.72 Å². The Balaban J connectivity index is 2.07. The minimum Gasteiger partial charge on any atom is -0.246 e. The minimum absolute atomic E-state index is 0.00374. The van der Waals surface area contributed by atoms with Gasteiger partial charge in [0, 0.05) is 9.92 Å². The lowest BCUT2D eigenvalue weighted by Crippen LogP contribution is -2.16. The highest BCUT2D eigenvalue weighted by Gasteiger charge is 2.21. The maximum atomic E-state index is 12.6. The zero-order chi connectivity index (χ0) is 16.8. The second-order valence-corrected chi connectivity index (χ2v) is 7.48. The average Bonchev–Trinajstić information content (AvgIpc) is 2.84. The normalized spacial score (nSPS) is 11.8. The van der Waals surface area contributed by atoms with Crippen molar-refractivity contribution in [3.05, 3.63) is 40.5 Å². The lowest BCUT2D eigenvalue weighted by Gasteiger charge is -2.10. The van der Waals surface area contributed by atoms with Crippen LogP contribution in [0.15, 0.2) is 34.1 Å². The number of rotatable bonds is 3. The highest BCUT2D eigenvalue weighted by molar-refractivity contribution is 7.93. The van der Waals surface area contributed by atoms with Crippen LogP contribution in [0.2, 0.25) is 5.02 Å². The van der Waals surface area contributed by atoms with Crippen LogP contribution in [0.1, 0.15) is 11.3 Å². The SMILES string of the molecule is Cc1ccc2nnc(NS(=O)(=O)c3cc(C)c(Cl)cc3S)n2n1. The standard InChI is InChI=1S/C13H12ClN5O2S2/c1-7-5-11(10(22)6-9(7)14)23(20,21)18-13-16-15-12-4-3-8(2)17-19(12)13/h3-6,22H,1-2H3,(H,16,18). The Labute approximate surface area is 143 Å². The van der Waals surface area contributed by atoms with E-state index in [1.807, 2.05) is 0 Å². The molecule has 0 saturated carbocycles. The van der Waals surface area contributed by atoms with E-state index in [0.29, 0.717) is 21.9 Å². The average molecular weight is 370 g/mol. The summed E-state index contributed by atoms with van der Waals surface area (Å²) in [5.74, 6) is 0.00374. The summed E-state index contributed by atoms with van der Waals surface area (Å²) >= 11 is 10.2. The summed E-state index contributed by atoms with van der Waals surface area (Å²) in [5.41, 5.74) is 1.77. The Morgan fingerprint density at radius 1 is 1.22 bits per heavy atom. The number of fused-ring (bicyclic) bond motifs is 1. The van der Waals surface area contributed by atoms with Crippen LogP contribution in [0.3, 0.4) is 0 Å². The molecule has 0 aliphatic rings. The summed E-state index contributed by atoms with van der Waals surface area (Å²) in [7, 11) is -3.91. The van der Waals surface area contributed by atoms with E-state index in [0.717, 1.165) is 0 Å². The van der Waals surface area contributed by atoms with E-state index in [9.17, 15) is 8.42 Å². The molecule has 10 heteroatoms. The maximum absolute atomic E-state index is 12.6. The Morgan fingerprint density at radius 2 is 1.96 bits per heavy atom. The van der Waals surface area contributed by atoms with Crippen molar-refractivity contribution in [3.8, 4) is 0 Å². The molecule has 0 radical (unpaired) electrons. The van der Waals surface area contributed by atoms with Gasteiger partial charge in [-0.2, -0.15) is 9.61 Å². The molecule has 0 spiro atoms. The predicted octanol–water partition coefficient (Wildman–Crippen LogP) is 2.48. The Morgan fingerprint density at radius 3 is 2.70 bits per heavy atom. The first-order valence-corrected chi connectivity index (χ1v) is 8.80. The van der Waals surface area contributed by atoms with Gasteiger partial charge in [0.15, 0.2) is 5.65 Å². The van der Waals surface area contributed by atoms with Crippen LogP contribution in [-0.2, 0) is 10.0 Å². The van der Waals surface area contributed by atoms with E-state index in [1.54, 1.807) is 26.0 Å². The molecule has 120 valence electrons. The van der Waals surface area contributed by atoms with Gasteiger partial charge in [0.05, 0.1) is 5.69 Å². The summed E-state index contributed by atoms with van der Waals surface area (Å²) in [6.07, 6.45) is 0. The lowest BCUT2D eigenvalue weighted by atomic mass is 10.2. The molecule has 1 N–H and O–H groups in total. The van der Waals surface area contributed by atoms with Gasteiger partial charge in [-0.05, 0) is 43.7 Å². The first kappa shape index (κ1) is 16.0. The number of hydrogen-bond acceptors (Lipinski definition) is 6. The highest BCUT2D eigenvalue weighted by atomic mass is 35.5. The van der Waals surface area contributed by atoms with Gasteiger partial charge in [0.25, 0.3) is 16.0 Å². The number of aromatic nitrogens is 4. The second-order valence-electron chi connectivity index (χ2n) is 4.94. The van der Waals surface area contributed by atoms with Crippen LogP contribution >= 0.6 is 24.2 Å². The molecule has 0 saturated heterocycles. The van der Waals surface area contributed by atoms with Gasteiger partial charge >= 0.3 is 0 Å². The van der Waals surface area contributed by atoms with E-state index in [-0.39, 0.29) is 15.7 Å². The first-order valence-electron chi connectivity index (χ1n) is 6.49. The first-order chi connectivity index (χ1) is 10.8. The Hall–Kier alpha value is -1.84. The number of sulfonamides is 1. The van der Waals surface area contributed by atoms with Crippen molar-refractivity contribution in [1.29, 1.82) is 0 Å². The summed E-state index contributed by atoms with van der Waals surface area (Å²) in [5, 5.41) is 12.3. The minimum atomic E-state index is -3.91. The van der Waals surface area contributed by atoms with Gasteiger partial charge in [-0.3, -0.25) is 0 Å². The predicted molar refractivity (Wildman–Crippen MR) is 89.8 cm³/mol. The molecule has 23 heavy (non-hydrogen) atoms. The third-order valence-corrected chi connectivity index (χ3v) is 5.45. The smallest absolute Gasteiger partial charge is 0.246 e. The molecular formula is C13H12ClN5O2S2. The zero-order valence-electron chi connectivity index (χ0n) is 12.1. The molecule has 3 aromatic rings. The summed E-state index contributed by atoms with van der Waals surface area (Å²) < 4.78 is 28.9. The molecule has 0 amide bonds. The molecule has 2 heterocycles. The largest absolute Gasteiger partial charge is 0.265 e. The van der Waals surface area contributed by atoms with E-state index in [4.69, 9.17) is 11.6 Å². The van der Waals surface area contributed by atoms with Gasteiger partial charge < -0.3 is 0 Å². The van der Waals surface area contributed by atoms with Crippen LogP contribution in [0, 0.1) is 13.8 Å². The maximum Gasteiger partial charge on any atom is 0.265 e. The van der Waals surface area contributed by atoms with Gasteiger partial charge in [0.2, 0.25) is 0 Å². The lowest BCUT2D eigenvalue weighted by molar-refractivity contribution is 0.598. The van der Waals surface area contributed by atoms with Crippen LogP contribution in [0.4, 0.5) is 5.95 Å². The van der Waals surface area contributed by atoms with E-state index in [1.165, 1.54) is 16.6 Å². The number of aryl methyl sites for hydroxylation is 2. The van der Waals surface area contributed by atoms with Crippen LogP contribution in [0.5, 0.6) is 0 Å². The number of nitrogens with one attached hydrogen (secondary N) is 1. The molecule has 0 bridgehead atoms. The topological polar surface area (TPSA) is 89.2 Å². The van der Waals surface area contributed by atoms with Crippen molar-refractivity contribution in [1.82, 2.24) is 19.8 Å². The highest BCUT2D eigenvalue weighted by Crippen LogP contribution is 2.28. The van der Waals surface area contributed by atoms with Gasteiger partial charge in [-0.1, -0.05) is 11.6 Å². The van der Waals surface area contributed by atoms with Crippen LogP contribution in [0.25, 0.3) is 5.65 Å². The molecular weight excluding hydrogens is 358 g/mol. The number of hydrogen-bond donors (Lipinski definition) is 2. The van der Waals surface area contributed by atoms with Crippen LogP contribution in [-0.4, -0.2) is 28.2 Å². The Bertz CT molecular complexity index is 1020. The molecule has 7 nitrogen and oxygen atoms in total. The zero-order valence-corrected chi connectivity index (χ0v) is 14.6. The Kier molecular flexibility index (Phi) is 3.95. The number of nitrogens with zero attached hydrogens (tertiary/aromatic N) is 4. The van der Waals surface area contributed by atoms with Gasteiger partial charge in [0.1, 0.15) is 4.90 Å². The molecule has 0 fully saturated rings.